The van der Waals surface area contributed by atoms with E-state index in [-0.39, 0.29) is 12.5 Å². The number of likely N-dealkylation sites (N-methyl/N-ethyl adjacent to an activating group) is 1. The molecule has 18 heavy (non-hydrogen) atoms. The molecule has 1 aromatic heterocycles. The van der Waals surface area contributed by atoms with Gasteiger partial charge in [-0.05, 0) is 13.0 Å². The Hall–Kier alpha value is -1.76. The number of nitrogens with zero attached hydrogens (tertiary/aromatic N) is 3. The second-order valence-electron chi connectivity index (χ2n) is 4.01. The molecule has 1 amide bonds. The summed E-state index contributed by atoms with van der Waals surface area (Å²) < 4.78 is 1.27. The van der Waals surface area contributed by atoms with Crippen LogP contribution in [0.2, 0.25) is 0 Å². The van der Waals surface area contributed by atoms with E-state index in [0.29, 0.717) is 23.6 Å². The molecule has 0 spiro atoms. The van der Waals surface area contributed by atoms with Crippen LogP contribution in [0.25, 0.3) is 0 Å². The van der Waals surface area contributed by atoms with Gasteiger partial charge in [0, 0.05) is 31.9 Å². The number of thiocarbonyl (C=S) groups is 1. The molecule has 7 heteroatoms. The van der Waals surface area contributed by atoms with Crippen LogP contribution >= 0.6 is 12.2 Å². The van der Waals surface area contributed by atoms with E-state index in [9.17, 15) is 9.59 Å². The Bertz CT molecular complexity index is 512. The Morgan fingerprint density at radius 1 is 1.61 bits per heavy atom. The van der Waals surface area contributed by atoms with E-state index in [1.807, 2.05) is 0 Å². The average Bonchev–Trinajstić information content (AvgIpc) is 2.29. The highest BCUT2D eigenvalue weighted by atomic mass is 32.1. The molecule has 0 bridgehead atoms. The first-order chi connectivity index (χ1) is 8.40. The van der Waals surface area contributed by atoms with E-state index in [1.54, 1.807) is 26.2 Å². The van der Waals surface area contributed by atoms with Crippen molar-refractivity contribution in [2.24, 2.45) is 5.73 Å². The zero-order chi connectivity index (χ0) is 13.7. The summed E-state index contributed by atoms with van der Waals surface area (Å²) in [4.78, 5) is 28.9. The molecule has 98 valence electrons. The highest BCUT2D eigenvalue weighted by molar-refractivity contribution is 7.80. The first-order valence-electron chi connectivity index (χ1n) is 5.46. The Kier molecular flexibility index (Phi) is 4.96. The van der Waals surface area contributed by atoms with Crippen molar-refractivity contribution in [2.45, 2.75) is 19.9 Å². The van der Waals surface area contributed by atoms with Gasteiger partial charge < -0.3 is 10.6 Å². The summed E-state index contributed by atoms with van der Waals surface area (Å²) in [5.74, 6) is -0.181. The molecule has 0 radical (unpaired) electrons. The number of nitrogens with two attached hydrogens (primary N) is 1. The SMILES string of the molecule is Cc1ccn(CC(=O)N(C)CCC(N)=S)c(=O)n1. The Balaban J connectivity index is 2.64. The number of carbonyl (C=O) groups is 1. The van der Waals surface area contributed by atoms with Crippen molar-refractivity contribution >= 4 is 23.1 Å². The van der Waals surface area contributed by atoms with Crippen LogP contribution in [0.15, 0.2) is 17.1 Å². The number of amides is 1. The fraction of sp³-hybridized carbons (Fsp3) is 0.455. The van der Waals surface area contributed by atoms with Crippen molar-refractivity contribution in [2.75, 3.05) is 13.6 Å². The van der Waals surface area contributed by atoms with Gasteiger partial charge in [-0.3, -0.25) is 9.36 Å². The third-order valence-electron chi connectivity index (χ3n) is 2.44. The van der Waals surface area contributed by atoms with Crippen molar-refractivity contribution in [3.63, 3.8) is 0 Å². The minimum Gasteiger partial charge on any atom is -0.393 e. The summed E-state index contributed by atoms with van der Waals surface area (Å²) in [6.07, 6.45) is 2.03. The van der Waals surface area contributed by atoms with Crippen LogP contribution in [0.4, 0.5) is 0 Å². The lowest BCUT2D eigenvalue weighted by Gasteiger charge is -2.17. The van der Waals surface area contributed by atoms with Crippen molar-refractivity contribution in [3.05, 3.63) is 28.4 Å². The monoisotopic (exact) mass is 268 g/mol. The number of carbonyl (C=O) groups excluding carboxylic acids is 1. The van der Waals surface area contributed by atoms with Gasteiger partial charge in [0.15, 0.2) is 0 Å². The minimum absolute atomic E-state index is 0.0278. The van der Waals surface area contributed by atoms with Gasteiger partial charge in [-0.2, -0.15) is 4.98 Å². The predicted molar refractivity (Wildman–Crippen MR) is 72.3 cm³/mol. The summed E-state index contributed by atoms with van der Waals surface area (Å²) in [6, 6.07) is 1.68. The molecule has 0 atom stereocenters. The van der Waals surface area contributed by atoms with Gasteiger partial charge >= 0.3 is 5.69 Å². The Morgan fingerprint density at radius 3 is 2.83 bits per heavy atom. The van der Waals surface area contributed by atoms with Crippen molar-refractivity contribution in [1.29, 1.82) is 0 Å². The fourth-order valence-corrected chi connectivity index (χ4v) is 1.39. The van der Waals surface area contributed by atoms with Crippen LogP contribution in [0.3, 0.4) is 0 Å². The number of hydrogen-bond acceptors (Lipinski definition) is 4. The fourth-order valence-electron chi connectivity index (χ4n) is 1.30. The predicted octanol–water partition coefficient (Wildman–Crippen LogP) is -0.314. The van der Waals surface area contributed by atoms with Crippen LogP contribution < -0.4 is 11.4 Å². The van der Waals surface area contributed by atoms with Gasteiger partial charge in [-0.25, -0.2) is 4.79 Å². The Morgan fingerprint density at radius 2 is 2.28 bits per heavy atom. The molecule has 1 aromatic rings. The third-order valence-corrected chi connectivity index (χ3v) is 2.64. The van der Waals surface area contributed by atoms with Gasteiger partial charge in [0.1, 0.15) is 6.54 Å². The van der Waals surface area contributed by atoms with Crippen LogP contribution in [-0.4, -0.2) is 38.9 Å². The third kappa shape index (κ3) is 4.25. The quantitative estimate of drug-likeness (QED) is 0.741. The average molecular weight is 268 g/mol. The molecular formula is C11H16N4O2S. The van der Waals surface area contributed by atoms with Gasteiger partial charge in [0.05, 0.1) is 4.99 Å². The number of aromatic nitrogens is 2. The molecule has 0 aromatic carbocycles. The van der Waals surface area contributed by atoms with Gasteiger partial charge in [0.2, 0.25) is 5.91 Å². The lowest BCUT2D eigenvalue weighted by Crippen LogP contribution is -2.36. The molecule has 0 unspecified atom stereocenters. The van der Waals surface area contributed by atoms with Crippen molar-refractivity contribution in [1.82, 2.24) is 14.5 Å². The first-order valence-corrected chi connectivity index (χ1v) is 5.87. The maximum Gasteiger partial charge on any atom is 0.348 e. The van der Waals surface area contributed by atoms with Crippen molar-refractivity contribution < 1.29 is 4.79 Å². The largest absolute Gasteiger partial charge is 0.393 e. The summed E-state index contributed by atoms with van der Waals surface area (Å²) in [5, 5.41) is 0. The molecule has 0 saturated carbocycles. The lowest BCUT2D eigenvalue weighted by atomic mass is 10.4. The number of rotatable bonds is 5. The topological polar surface area (TPSA) is 81.2 Å². The van der Waals surface area contributed by atoms with E-state index in [1.165, 1.54) is 9.47 Å². The zero-order valence-electron chi connectivity index (χ0n) is 10.4. The van der Waals surface area contributed by atoms with Crippen molar-refractivity contribution in [3.8, 4) is 0 Å². The van der Waals surface area contributed by atoms with E-state index >= 15 is 0 Å². The molecular weight excluding hydrogens is 252 g/mol. The summed E-state index contributed by atoms with van der Waals surface area (Å²) >= 11 is 4.74. The summed E-state index contributed by atoms with van der Waals surface area (Å²) in [5.41, 5.74) is 5.57. The van der Waals surface area contributed by atoms with Crippen LogP contribution in [0.5, 0.6) is 0 Å². The Labute approximate surface area is 110 Å². The number of hydrogen-bond donors (Lipinski definition) is 1. The highest BCUT2D eigenvalue weighted by Crippen LogP contribution is 1.93. The highest BCUT2D eigenvalue weighted by Gasteiger charge is 2.10. The lowest BCUT2D eigenvalue weighted by molar-refractivity contribution is -0.130. The molecule has 6 nitrogen and oxygen atoms in total. The van der Waals surface area contributed by atoms with E-state index in [4.69, 9.17) is 18.0 Å². The zero-order valence-corrected chi connectivity index (χ0v) is 11.2. The number of aryl methyl sites for hydroxylation is 1. The van der Waals surface area contributed by atoms with Gasteiger partial charge in [-0.15, -0.1) is 0 Å². The second kappa shape index (κ2) is 6.25. The maximum absolute atomic E-state index is 11.8. The van der Waals surface area contributed by atoms with E-state index < -0.39 is 5.69 Å². The molecule has 2 N–H and O–H groups in total. The molecule has 0 aliphatic carbocycles. The first kappa shape index (κ1) is 14.3. The van der Waals surface area contributed by atoms with Gasteiger partial charge in [-0.1, -0.05) is 12.2 Å². The minimum atomic E-state index is -0.425. The molecule has 0 aliphatic heterocycles. The molecule has 0 aliphatic rings. The molecule has 1 rings (SSSR count). The maximum atomic E-state index is 11.8. The second-order valence-corrected chi connectivity index (χ2v) is 4.54. The van der Waals surface area contributed by atoms with Crippen LogP contribution in [-0.2, 0) is 11.3 Å². The van der Waals surface area contributed by atoms with E-state index in [0.717, 1.165) is 0 Å². The van der Waals surface area contributed by atoms with Crippen LogP contribution in [0.1, 0.15) is 12.1 Å². The normalized spacial score (nSPS) is 10.1. The summed E-state index contributed by atoms with van der Waals surface area (Å²) in [6.45, 7) is 2.14. The smallest absolute Gasteiger partial charge is 0.348 e. The molecule has 0 saturated heterocycles. The molecule has 0 fully saturated rings. The molecule has 1 heterocycles. The van der Waals surface area contributed by atoms with Crippen LogP contribution in [0, 0.1) is 6.92 Å². The van der Waals surface area contributed by atoms with Gasteiger partial charge in [0.25, 0.3) is 0 Å². The standard InChI is InChI=1S/C11H16N4O2S/c1-8-3-6-15(11(17)13-8)7-10(16)14(2)5-4-9(12)18/h3,6H,4-5,7H2,1-2H3,(H2,12,18). The van der Waals surface area contributed by atoms with E-state index in [2.05, 4.69) is 4.98 Å². The summed E-state index contributed by atoms with van der Waals surface area (Å²) in [7, 11) is 1.65.